The van der Waals surface area contributed by atoms with E-state index in [-0.39, 0.29) is 5.70 Å². The van der Waals surface area contributed by atoms with E-state index in [0.717, 1.165) is 0 Å². The zero-order valence-electron chi connectivity index (χ0n) is 6.05. The Balaban J connectivity index is 4.49. The number of rotatable bonds is 3. The van der Waals surface area contributed by atoms with Crippen molar-refractivity contribution in [1.29, 1.82) is 0 Å². The highest BCUT2D eigenvalue weighted by molar-refractivity contribution is 6.00. The molecule has 0 heterocycles. The van der Waals surface area contributed by atoms with Crippen LogP contribution >= 0.6 is 0 Å². The van der Waals surface area contributed by atoms with Gasteiger partial charge in [0.25, 0.3) is 0 Å². The summed E-state index contributed by atoms with van der Waals surface area (Å²) in [6.07, 6.45) is 0. The van der Waals surface area contributed by atoms with Crippen LogP contribution in [0.1, 0.15) is 13.8 Å². The van der Waals surface area contributed by atoms with Crippen molar-refractivity contribution < 1.29 is 4.79 Å². The molecule has 0 aliphatic carbocycles. The Morgan fingerprint density at radius 1 is 1.60 bits per heavy atom. The monoisotopic (exact) mass is 142 g/mol. The Labute approximate surface area is 59.1 Å². The van der Waals surface area contributed by atoms with Gasteiger partial charge in [0.15, 0.2) is 5.54 Å². The van der Waals surface area contributed by atoms with Gasteiger partial charge in [-0.2, -0.15) is 0 Å². The minimum atomic E-state index is -1.27. The predicted molar refractivity (Wildman–Crippen MR) is 38.2 cm³/mol. The van der Waals surface area contributed by atoms with Gasteiger partial charge in [0.05, 0.1) is 5.70 Å². The van der Waals surface area contributed by atoms with Crippen LogP contribution in [0.4, 0.5) is 0 Å². The highest BCUT2D eigenvalue weighted by Crippen LogP contribution is 2.11. The molecule has 0 saturated heterocycles. The van der Waals surface area contributed by atoms with Gasteiger partial charge in [-0.25, -0.2) is 0 Å². The Morgan fingerprint density at radius 3 is 2.10 bits per heavy atom. The van der Waals surface area contributed by atoms with Crippen molar-refractivity contribution >= 4 is 5.78 Å². The van der Waals surface area contributed by atoms with Crippen LogP contribution in [0.2, 0.25) is 0 Å². The van der Waals surface area contributed by atoms with Gasteiger partial charge in [-0.1, -0.05) is 11.8 Å². The lowest BCUT2D eigenvalue weighted by Gasteiger charge is -2.11. The third kappa shape index (κ3) is 1.65. The molecule has 0 saturated carbocycles. The molecule has 2 N–H and O–H groups in total. The molecule has 0 fully saturated rings. The zero-order chi connectivity index (χ0) is 8.36. The molecule has 56 valence electrons. The van der Waals surface area contributed by atoms with E-state index < -0.39 is 11.3 Å². The van der Waals surface area contributed by atoms with Gasteiger partial charge >= 0.3 is 0 Å². The topological polar surface area (TPSA) is 72.5 Å². The number of nitroso groups, excluding NO2 is 1. The molecule has 0 spiro atoms. The van der Waals surface area contributed by atoms with E-state index in [0.29, 0.717) is 0 Å². The van der Waals surface area contributed by atoms with E-state index in [1.807, 2.05) is 0 Å². The molecular formula is C6H10N2O2. The Hall–Kier alpha value is -1.19. The van der Waals surface area contributed by atoms with Crippen LogP contribution in [0.15, 0.2) is 17.5 Å². The molecule has 4 nitrogen and oxygen atoms in total. The molecule has 0 bridgehead atoms. The molecule has 0 atom stereocenters. The molecule has 0 aliphatic rings. The highest BCUT2D eigenvalue weighted by atomic mass is 16.3. The SMILES string of the molecule is C=C(N)C(=O)C(C)(C)N=O. The summed E-state index contributed by atoms with van der Waals surface area (Å²) in [6.45, 7) is 5.98. The van der Waals surface area contributed by atoms with E-state index >= 15 is 0 Å². The van der Waals surface area contributed by atoms with Gasteiger partial charge in [-0.3, -0.25) is 4.79 Å². The summed E-state index contributed by atoms with van der Waals surface area (Å²) >= 11 is 0. The van der Waals surface area contributed by atoms with E-state index in [4.69, 9.17) is 5.73 Å². The molecule has 0 unspecified atom stereocenters. The van der Waals surface area contributed by atoms with Crippen LogP contribution in [0, 0.1) is 4.91 Å². The molecule has 0 amide bonds. The van der Waals surface area contributed by atoms with Crippen molar-refractivity contribution in [2.24, 2.45) is 10.9 Å². The van der Waals surface area contributed by atoms with Gasteiger partial charge in [0.2, 0.25) is 5.78 Å². The Morgan fingerprint density at radius 2 is 2.00 bits per heavy atom. The number of nitrogens with zero attached hydrogens (tertiary/aromatic N) is 1. The number of hydrogen-bond donors (Lipinski definition) is 1. The first-order valence-electron chi connectivity index (χ1n) is 2.75. The molecular weight excluding hydrogens is 132 g/mol. The molecule has 0 aromatic carbocycles. The van der Waals surface area contributed by atoms with Crippen LogP contribution in [-0.2, 0) is 4.79 Å². The highest BCUT2D eigenvalue weighted by Gasteiger charge is 2.29. The average Bonchev–Trinajstić information content (AvgIpc) is 1.86. The maximum Gasteiger partial charge on any atom is 0.208 e. The molecule has 0 radical (unpaired) electrons. The Kier molecular flexibility index (Phi) is 2.29. The largest absolute Gasteiger partial charge is 0.396 e. The molecule has 10 heavy (non-hydrogen) atoms. The fraction of sp³-hybridized carbons (Fsp3) is 0.500. The van der Waals surface area contributed by atoms with Crippen molar-refractivity contribution in [3.63, 3.8) is 0 Å². The minimum absolute atomic E-state index is 0.135. The van der Waals surface area contributed by atoms with Crippen molar-refractivity contribution in [3.05, 3.63) is 17.2 Å². The lowest BCUT2D eigenvalue weighted by molar-refractivity contribution is -0.119. The zero-order valence-corrected chi connectivity index (χ0v) is 6.05. The van der Waals surface area contributed by atoms with E-state index in [9.17, 15) is 9.70 Å². The summed E-state index contributed by atoms with van der Waals surface area (Å²) in [7, 11) is 0. The molecule has 0 rings (SSSR count). The molecule has 0 aliphatic heterocycles. The fourth-order valence-electron chi connectivity index (χ4n) is 0.434. The summed E-state index contributed by atoms with van der Waals surface area (Å²) in [6, 6.07) is 0. The van der Waals surface area contributed by atoms with Crippen LogP contribution < -0.4 is 5.73 Å². The number of nitrogens with two attached hydrogens (primary N) is 1. The van der Waals surface area contributed by atoms with Gasteiger partial charge in [-0.15, -0.1) is 4.91 Å². The first kappa shape index (κ1) is 8.81. The number of carbonyl (C=O) groups excluding carboxylic acids is 1. The average molecular weight is 142 g/mol. The van der Waals surface area contributed by atoms with Crippen LogP contribution in [0.3, 0.4) is 0 Å². The smallest absolute Gasteiger partial charge is 0.208 e. The molecule has 4 heteroatoms. The van der Waals surface area contributed by atoms with Crippen molar-refractivity contribution in [3.8, 4) is 0 Å². The Bertz CT molecular complexity index is 184. The number of Topliss-reactive ketones (excluding diaryl/α,β-unsaturated/α-hetero) is 1. The third-order valence-electron chi connectivity index (χ3n) is 1.08. The second kappa shape index (κ2) is 2.60. The van der Waals surface area contributed by atoms with Crippen LogP contribution in [0.5, 0.6) is 0 Å². The second-order valence-corrected chi connectivity index (χ2v) is 2.50. The number of carbonyl (C=O) groups is 1. The third-order valence-corrected chi connectivity index (χ3v) is 1.08. The van der Waals surface area contributed by atoms with E-state index in [1.165, 1.54) is 13.8 Å². The van der Waals surface area contributed by atoms with Crippen LogP contribution in [-0.4, -0.2) is 11.3 Å². The number of hydrogen-bond acceptors (Lipinski definition) is 4. The predicted octanol–water partition coefficient (Wildman–Crippen LogP) is 0.573. The standard InChI is InChI=1S/C6H10N2O2/c1-4(7)5(9)6(2,3)8-10/h1,7H2,2-3H3. The summed E-state index contributed by atoms with van der Waals surface area (Å²) < 4.78 is 0. The quantitative estimate of drug-likeness (QED) is 0.462. The first-order chi connectivity index (χ1) is 4.41. The van der Waals surface area contributed by atoms with Gasteiger partial charge in [-0.05, 0) is 13.8 Å². The van der Waals surface area contributed by atoms with Crippen molar-refractivity contribution in [2.75, 3.05) is 0 Å². The summed E-state index contributed by atoms with van der Waals surface area (Å²) in [5.74, 6) is -0.525. The normalized spacial score (nSPS) is 10.6. The summed E-state index contributed by atoms with van der Waals surface area (Å²) in [5, 5.41) is 2.60. The van der Waals surface area contributed by atoms with Crippen LogP contribution in [0.25, 0.3) is 0 Å². The van der Waals surface area contributed by atoms with Crippen molar-refractivity contribution in [2.45, 2.75) is 19.4 Å². The number of ketones is 1. The van der Waals surface area contributed by atoms with E-state index in [2.05, 4.69) is 11.8 Å². The lowest BCUT2D eigenvalue weighted by atomic mass is 9.99. The second-order valence-electron chi connectivity index (χ2n) is 2.50. The summed E-state index contributed by atoms with van der Waals surface area (Å²) in [4.78, 5) is 20.9. The van der Waals surface area contributed by atoms with Crippen molar-refractivity contribution in [1.82, 2.24) is 0 Å². The van der Waals surface area contributed by atoms with E-state index in [1.54, 1.807) is 0 Å². The van der Waals surface area contributed by atoms with Gasteiger partial charge in [0, 0.05) is 0 Å². The maximum absolute atomic E-state index is 10.9. The first-order valence-corrected chi connectivity index (χ1v) is 2.75. The van der Waals surface area contributed by atoms with Gasteiger partial charge < -0.3 is 5.73 Å². The maximum atomic E-state index is 10.9. The molecule has 0 aromatic rings. The minimum Gasteiger partial charge on any atom is -0.396 e. The summed E-state index contributed by atoms with van der Waals surface area (Å²) in [5.41, 5.74) is 3.65. The fourth-order valence-corrected chi connectivity index (χ4v) is 0.434. The molecule has 0 aromatic heterocycles. The van der Waals surface area contributed by atoms with Gasteiger partial charge in [0.1, 0.15) is 0 Å². The lowest BCUT2D eigenvalue weighted by Crippen LogP contribution is -2.32.